The molecular formula is C24H23N5O4. The van der Waals surface area contributed by atoms with E-state index in [0.717, 1.165) is 17.7 Å². The van der Waals surface area contributed by atoms with Crippen LogP contribution >= 0.6 is 0 Å². The number of nitrogens with zero attached hydrogens (tertiary/aromatic N) is 3. The maximum absolute atomic E-state index is 12.4. The van der Waals surface area contributed by atoms with Crippen molar-refractivity contribution in [2.75, 3.05) is 23.3 Å². The van der Waals surface area contributed by atoms with Crippen molar-refractivity contribution in [2.45, 2.75) is 19.4 Å². The summed E-state index contributed by atoms with van der Waals surface area (Å²) >= 11 is 0. The second-order valence-corrected chi connectivity index (χ2v) is 7.42. The highest BCUT2D eigenvalue weighted by Crippen LogP contribution is 2.23. The minimum absolute atomic E-state index is 0.0857. The molecule has 1 aromatic carbocycles. The van der Waals surface area contributed by atoms with Gasteiger partial charge in [-0.1, -0.05) is 0 Å². The summed E-state index contributed by atoms with van der Waals surface area (Å²) in [6.07, 6.45) is 6.27. The molecule has 0 radical (unpaired) electrons. The van der Waals surface area contributed by atoms with Gasteiger partial charge >= 0.3 is 0 Å². The van der Waals surface area contributed by atoms with Crippen molar-refractivity contribution in [1.82, 2.24) is 15.3 Å². The van der Waals surface area contributed by atoms with Gasteiger partial charge in [-0.2, -0.15) is 0 Å². The van der Waals surface area contributed by atoms with Crippen molar-refractivity contribution in [3.8, 4) is 5.75 Å². The monoisotopic (exact) mass is 445 g/mol. The number of nitrogens with one attached hydrogen (secondary N) is 2. The fraction of sp³-hybridized carbons (Fsp3) is 0.208. The lowest BCUT2D eigenvalue weighted by Gasteiger charge is -2.15. The summed E-state index contributed by atoms with van der Waals surface area (Å²) < 4.78 is 5.76. The Morgan fingerprint density at radius 2 is 1.82 bits per heavy atom. The molecule has 9 nitrogen and oxygen atoms in total. The van der Waals surface area contributed by atoms with Gasteiger partial charge in [0.05, 0.1) is 6.54 Å². The summed E-state index contributed by atoms with van der Waals surface area (Å²) in [6, 6.07) is 13.8. The van der Waals surface area contributed by atoms with E-state index in [4.69, 9.17) is 4.74 Å². The molecule has 9 heteroatoms. The van der Waals surface area contributed by atoms with Crippen molar-refractivity contribution in [1.29, 1.82) is 0 Å². The molecule has 3 heterocycles. The number of carbonyl (C=O) groups is 3. The van der Waals surface area contributed by atoms with Gasteiger partial charge in [0.15, 0.2) is 11.6 Å². The summed E-state index contributed by atoms with van der Waals surface area (Å²) in [5, 5.41) is 5.25. The summed E-state index contributed by atoms with van der Waals surface area (Å²) in [7, 11) is 0. The predicted molar refractivity (Wildman–Crippen MR) is 122 cm³/mol. The average Bonchev–Trinajstić information content (AvgIpc) is 3.28. The highest BCUT2D eigenvalue weighted by Gasteiger charge is 2.21. The van der Waals surface area contributed by atoms with Crippen LogP contribution in [0.15, 0.2) is 67.1 Å². The Morgan fingerprint density at radius 1 is 1.03 bits per heavy atom. The summed E-state index contributed by atoms with van der Waals surface area (Å²) in [6.45, 7) is 0.755. The van der Waals surface area contributed by atoms with Gasteiger partial charge in [0, 0.05) is 42.8 Å². The van der Waals surface area contributed by atoms with Crippen LogP contribution in [0.1, 0.15) is 28.8 Å². The SMILES string of the molecule is O=C(CNC(=O)c1ccc(N2CCCC2=O)cc1)Nc1ncccc1OCc1ccncc1. The normalized spacial score (nSPS) is 13.0. The van der Waals surface area contributed by atoms with Crippen molar-refractivity contribution in [3.63, 3.8) is 0 Å². The lowest BCUT2D eigenvalue weighted by Crippen LogP contribution is -2.33. The molecular weight excluding hydrogens is 422 g/mol. The Kier molecular flexibility index (Phi) is 6.89. The number of rotatable bonds is 8. The van der Waals surface area contributed by atoms with E-state index in [0.29, 0.717) is 30.9 Å². The number of hydrogen-bond acceptors (Lipinski definition) is 6. The average molecular weight is 445 g/mol. The summed E-state index contributed by atoms with van der Waals surface area (Å²) in [5.74, 6) is -0.0521. The van der Waals surface area contributed by atoms with Gasteiger partial charge in [-0.05, 0) is 60.5 Å². The van der Waals surface area contributed by atoms with Crippen molar-refractivity contribution >= 4 is 29.2 Å². The van der Waals surface area contributed by atoms with Crippen LogP contribution in [0.2, 0.25) is 0 Å². The molecule has 2 N–H and O–H groups in total. The molecule has 0 bridgehead atoms. The maximum atomic E-state index is 12.4. The van der Waals surface area contributed by atoms with E-state index in [9.17, 15) is 14.4 Å². The third kappa shape index (κ3) is 5.70. The quantitative estimate of drug-likeness (QED) is 0.551. The third-order valence-corrected chi connectivity index (χ3v) is 5.10. The lowest BCUT2D eigenvalue weighted by molar-refractivity contribution is -0.117. The molecule has 0 saturated carbocycles. The number of ether oxygens (including phenoxy) is 1. The highest BCUT2D eigenvalue weighted by molar-refractivity contribution is 6.00. The molecule has 2 aromatic heterocycles. The van der Waals surface area contributed by atoms with Crippen LogP contribution in [-0.4, -0.2) is 40.8 Å². The number of carbonyl (C=O) groups excluding carboxylic acids is 3. The fourth-order valence-electron chi connectivity index (χ4n) is 3.39. The Balaban J connectivity index is 1.29. The molecule has 3 aromatic rings. The van der Waals surface area contributed by atoms with Crippen LogP contribution in [0.5, 0.6) is 5.75 Å². The standard InChI is InChI=1S/C24H23N5O4/c30-21(28-23-20(3-1-11-26-23)33-16-17-9-12-25-13-10-17)15-27-24(32)18-5-7-19(8-6-18)29-14-2-4-22(29)31/h1,3,5-13H,2,4,14-16H2,(H,27,32)(H,26,28,30). The summed E-state index contributed by atoms with van der Waals surface area (Å²) in [5.41, 5.74) is 2.09. The maximum Gasteiger partial charge on any atom is 0.251 e. The second kappa shape index (κ2) is 10.4. The molecule has 1 saturated heterocycles. The molecule has 1 aliphatic rings. The van der Waals surface area contributed by atoms with Crippen LogP contribution in [0.3, 0.4) is 0 Å². The molecule has 168 valence electrons. The zero-order valence-electron chi connectivity index (χ0n) is 17.9. The Hall–Kier alpha value is -4.27. The van der Waals surface area contributed by atoms with Crippen LogP contribution in [-0.2, 0) is 16.2 Å². The molecule has 0 aliphatic carbocycles. The minimum Gasteiger partial charge on any atom is -0.485 e. The van der Waals surface area contributed by atoms with Gasteiger partial charge in [-0.15, -0.1) is 0 Å². The minimum atomic E-state index is -0.435. The largest absolute Gasteiger partial charge is 0.485 e. The van der Waals surface area contributed by atoms with E-state index in [1.54, 1.807) is 59.9 Å². The third-order valence-electron chi connectivity index (χ3n) is 5.10. The number of benzene rings is 1. The van der Waals surface area contributed by atoms with E-state index in [1.807, 2.05) is 12.1 Å². The summed E-state index contributed by atoms with van der Waals surface area (Å²) in [4.78, 5) is 46.4. The van der Waals surface area contributed by atoms with Gasteiger partial charge < -0.3 is 20.3 Å². The smallest absolute Gasteiger partial charge is 0.251 e. The number of aromatic nitrogens is 2. The fourth-order valence-corrected chi connectivity index (χ4v) is 3.39. The van der Waals surface area contributed by atoms with E-state index < -0.39 is 5.91 Å². The first-order valence-electron chi connectivity index (χ1n) is 10.6. The van der Waals surface area contributed by atoms with Gasteiger partial charge in [-0.25, -0.2) is 4.98 Å². The van der Waals surface area contributed by atoms with E-state index in [1.165, 1.54) is 0 Å². The topological polar surface area (TPSA) is 114 Å². The zero-order valence-corrected chi connectivity index (χ0v) is 17.9. The van der Waals surface area contributed by atoms with E-state index in [2.05, 4.69) is 20.6 Å². The number of hydrogen-bond donors (Lipinski definition) is 2. The Bertz CT molecular complexity index is 1140. The Labute approximate surface area is 190 Å². The molecule has 33 heavy (non-hydrogen) atoms. The van der Waals surface area contributed by atoms with Crippen LogP contribution < -0.4 is 20.3 Å². The van der Waals surface area contributed by atoms with E-state index in [-0.39, 0.29) is 24.2 Å². The van der Waals surface area contributed by atoms with Crippen LogP contribution in [0.25, 0.3) is 0 Å². The van der Waals surface area contributed by atoms with E-state index >= 15 is 0 Å². The van der Waals surface area contributed by atoms with Gasteiger partial charge in [0.1, 0.15) is 6.61 Å². The van der Waals surface area contributed by atoms with Crippen molar-refractivity contribution in [2.24, 2.45) is 0 Å². The Morgan fingerprint density at radius 3 is 2.55 bits per heavy atom. The molecule has 1 aliphatic heterocycles. The lowest BCUT2D eigenvalue weighted by atomic mass is 10.2. The number of pyridine rings is 2. The molecule has 0 atom stereocenters. The number of amides is 3. The molecule has 3 amide bonds. The first kappa shape index (κ1) is 21.9. The zero-order chi connectivity index (χ0) is 23.0. The molecule has 0 unspecified atom stereocenters. The van der Waals surface area contributed by atoms with Crippen molar-refractivity contribution in [3.05, 3.63) is 78.2 Å². The highest BCUT2D eigenvalue weighted by atomic mass is 16.5. The van der Waals surface area contributed by atoms with Gasteiger partial charge in [-0.3, -0.25) is 19.4 Å². The van der Waals surface area contributed by atoms with Crippen molar-refractivity contribution < 1.29 is 19.1 Å². The molecule has 1 fully saturated rings. The molecule has 4 rings (SSSR count). The number of anilines is 2. The van der Waals surface area contributed by atoms with Crippen LogP contribution in [0.4, 0.5) is 11.5 Å². The van der Waals surface area contributed by atoms with Gasteiger partial charge in [0.2, 0.25) is 11.8 Å². The first-order valence-corrected chi connectivity index (χ1v) is 10.6. The first-order chi connectivity index (χ1) is 16.1. The van der Waals surface area contributed by atoms with Crippen LogP contribution in [0, 0.1) is 0 Å². The second-order valence-electron chi connectivity index (χ2n) is 7.42. The van der Waals surface area contributed by atoms with Gasteiger partial charge in [0.25, 0.3) is 5.91 Å². The molecule has 0 spiro atoms. The predicted octanol–water partition coefficient (Wildman–Crippen LogP) is 2.55.